The van der Waals surface area contributed by atoms with Crippen molar-refractivity contribution >= 4 is 11.6 Å². The Morgan fingerprint density at radius 3 is 2.13 bits per heavy atom. The Bertz CT molecular complexity index is 313. The highest BCUT2D eigenvalue weighted by molar-refractivity contribution is 6.31. The molecule has 0 amide bonds. The summed E-state index contributed by atoms with van der Waals surface area (Å²) in [6.45, 7) is 8.95. The molecule has 0 saturated heterocycles. The third-order valence-corrected chi connectivity index (χ3v) is 2.75. The van der Waals surface area contributed by atoms with Crippen molar-refractivity contribution < 1.29 is 0 Å². The van der Waals surface area contributed by atoms with Gasteiger partial charge >= 0.3 is 0 Å². The predicted molar refractivity (Wildman–Crippen MR) is 68.5 cm³/mol. The van der Waals surface area contributed by atoms with Crippen LogP contribution in [-0.4, -0.2) is 0 Å². The Labute approximate surface area is 98.7 Å². The lowest BCUT2D eigenvalue weighted by molar-refractivity contribution is 0.636. The van der Waals surface area contributed by atoms with Crippen LogP contribution in [0, 0.1) is 11.8 Å². The third-order valence-electron chi connectivity index (χ3n) is 2.38. The first-order valence-corrected chi connectivity index (χ1v) is 6.14. The minimum absolute atomic E-state index is 0.664. The highest BCUT2D eigenvalue weighted by Crippen LogP contribution is 2.22. The topological polar surface area (TPSA) is 0 Å². The van der Waals surface area contributed by atoms with E-state index in [0.29, 0.717) is 11.8 Å². The highest BCUT2D eigenvalue weighted by atomic mass is 35.5. The van der Waals surface area contributed by atoms with Gasteiger partial charge in [0.25, 0.3) is 0 Å². The first kappa shape index (κ1) is 12.6. The minimum Gasteiger partial charge on any atom is -0.0840 e. The fourth-order valence-corrected chi connectivity index (χ4v) is 2.02. The fraction of sp³-hybridized carbons (Fsp3) is 0.571. The molecule has 0 radical (unpaired) electrons. The number of hydrogen-bond acceptors (Lipinski definition) is 0. The lowest BCUT2D eigenvalue weighted by Crippen LogP contribution is -1.99. The molecular weight excluding hydrogens is 204 g/mol. The van der Waals surface area contributed by atoms with Crippen LogP contribution < -0.4 is 0 Å². The molecule has 1 rings (SSSR count). The second-order valence-electron chi connectivity index (χ2n) is 5.12. The molecule has 0 spiro atoms. The van der Waals surface area contributed by atoms with Crippen LogP contribution in [0.1, 0.15) is 38.8 Å². The molecule has 0 bridgehead atoms. The highest BCUT2D eigenvalue weighted by Gasteiger charge is 2.05. The van der Waals surface area contributed by atoms with Gasteiger partial charge in [0.2, 0.25) is 0 Å². The molecule has 0 atom stereocenters. The summed E-state index contributed by atoms with van der Waals surface area (Å²) in [5, 5.41) is 0.913. The SMILES string of the molecule is CC(C)Cc1ccc(Cl)c(CC(C)C)c1. The van der Waals surface area contributed by atoms with Crippen LogP contribution >= 0.6 is 11.6 Å². The quantitative estimate of drug-likeness (QED) is 0.693. The van der Waals surface area contributed by atoms with E-state index in [1.165, 1.54) is 11.1 Å². The molecule has 84 valence electrons. The molecule has 1 heteroatoms. The minimum atomic E-state index is 0.664. The molecule has 1 aromatic rings. The zero-order valence-corrected chi connectivity index (χ0v) is 10.9. The number of benzene rings is 1. The molecule has 0 nitrogen and oxygen atoms in total. The molecule has 0 aliphatic rings. The molecule has 0 N–H and O–H groups in total. The smallest absolute Gasteiger partial charge is 0.0438 e. The van der Waals surface area contributed by atoms with E-state index in [1.54, 1.807) is 0 Å². The van der Waals surface area contributed by atoms with Crippen LogP contribution in [0.25, 0.3) is 0 Å². The van der Waals surface area contributed by atoms with Gasteiger partial charge in [-0.25, -0.2) is 0 Å². The van der Waals surface area contributed by atoms with Gasteiger partial charge in [0.05, 0.1) is 0 Å². The van der Waals surface area contributed by atoms with E-state index in [-0.39, 0.29) is 0 Å². The van der Waals surface area contributed by atoms with E-state index >= 15 is 0 Å². The van der Waals surface area contributed by atoms with Crippen LogP contribution in [0.4, 0.5) is 0 Å². The molecule has 15 heavy (non-hydrogen) atoms. The van der Waals surface area contributed by atoms with E-state index in [4.69, 9.17) is 11.6 Å². The van der Waals surface area contributed by atoms with Crippen LogP contribution in [-0.2, 0) is 12.8 Å². The van der Waals surface area contributed by atoms with Gasteiger partial charge in [-0.1, -0.05) is 51.4 Å². The average molecular weight is 225 g/mol. The van der Waals surface area contributed by atoms with Crippen molar-refractivity contribution in [2.75, 3.05) is 0 Å². The van der Waals surface area contributed by atoms with Gasteiger partial charge in [-0.05, 0) is 41.9 Å². The number of hydrogen-bond donors (Lipinski definition) is 0. The zero-order chi connectivity index (χ0) is 11.4. The Balaban J connectivity index is 2.85. The molecule has 0 fully saturated rings. The third kappa shape index (κ3) is 4.25. The lowest BCUT2D eigenvalue weighted by Gasteiger charge is -2.11. The first-order valence-electron chi connectivity index (χ1n) is 5.76. The van der Waals surface area contributed by atoms with Crippen LogP contribution in [0.2, 0.25) is 5.02 Å². The average Bonchev–Trinajstić information content (AvgIpc) is 2.09. The maximum absolute atomic E-state index is 6.18. The van der Waals surface area contributed by atoms with E-state index in [9.17, 15) is 0 Å². The summed E-state index contributed by atoms with van der Waals surface area (Å²) in [7, 11) is 0. The van der Waals surface area contributed by atoms with Crippen molar-refractivity contribution in [3.63, 3.8) is 0 Å². The summed E-state index contributed by atoms with van der Waals surface area (Å²) in [5.41, 5.74) is 2.70. The van der Waals surface area contributed by atoms with Gasteiger partial charge in [0, 0.05) is 5.02 Å². The van der Waals surface area contributed by atoms with E-state index in [1.807, 2.05) is 6.07 Å². The standard InChI is InChI=1S/C14H21Cl/c1-10(2)7-12-5-6-14(15)13(9-12)8-11(3)4/h5-6,9-11H,7-8H2,1-4H3. The second kappa shape index (κ2) is 5.55. The summed E-state index contributed by atoms with van der Waals surface area (Å²) in [4.78, 5) is 0. The summed E-state index contributed by atoms with van der Waals surface area (Å²) in [6, 6.07) is 6.45. The van der Waals surface area contributed by atoms with Crippen molar-refractivity contribution in [3.8, 4) is 0 Å². The summed E-state index contributed by atoms with van der Waals surface area (Å²) < 4.78 is 0. The van der Waals surface area contributed by atoms with Crippen LogP contribution in [0.15, 0.2) is 18.2 Å². The summed E-state index contributed by atoms with van der Waals surface area (Å²) >= 11 is 6.18. The number of halogens is 1. The van der Waals surface area contributed by atoms with Crippen molar-refractivity contribution in [2.45, 2.75) is 40.5 Å². The van der Waals surface area contributed by atoms with Gasteiger partial charge in [0.15, 0.2) is 0 Å². The fourth-order valence-electron chi connectivity index (χ4n) is 1.82. The van der Waals surface area contributed by atoms with Gasteiger partial charge < -0.3 is 0 Å². The van der Waals surface area contributed by atoms with Crippen LogP contribution in [0.3, 0.4) is 0 Å². The lowest BCUT2D eigenvalue weighted by atomic mass is 9.97. The van der Waals surface area contributed by atoms with Crippen molar-refractivity contribution in [3.05, 3.63) is 34.3 Å². The number of rotatable bonds is 4. The molecule has 0 heterocycles. The monoisotopic (exact) mass is 224 g/mol. The van der Waals surface area contributed by atoms with Crippen molar-refractivity contribution in [2.24, 2.45) is 11.8 Å². The van der Waals surface area contributed by atoms with Crippen molar-refractivity contribution in [1.29, 1.82) is 0 Å². The summed E-state index contributed by atoms with van der Waals surface area (Å²) in [6.07, 6.45) is 2.22. The van der Waals surface area contributed by atoms with Crippen LogP contribution in [0.5, 0.6) is 0 Å². The Morgan fingerprint density at radius 2 is 1.60 bits per heavy atom. The molecule has 0 aromatic heterocycles. The van der Waals surface area contributed by atoms with E-state index in [2.05, 4.69) is 39.8 Å². The Morgan fingerprint density at radius 1 is 1.00 bits per heavy atom. The molecule has 1 aromatic carbocycles. The maximum Gasteiger partial charge on any atom is 0.0438 e. The second-order valence-corrected chi connectivity index (χ2v) is 5.53. The Hall–Kier alpha value is -0.490. The molecule has 0 aliphatic heterocycles. The predicted octanol–water partition coefficient (Wildman–Crippen LogP) is 4.74. The van der Waals surface area contributed by atoms with Gasteiger partial charge in [-0.15, -0.1) is 0 Å². The Kier molecular flexibility index (Phi) is 4.66. The van der Waals surface area contributed by atoms with E-state index < -0.39 is 0 Å². The normalized spacial score (nSPS) is 11.4. The maximum atomic E-state index is 6.18. The van der Waals surface area contributed by atoms with Gasteiger partial charge in [0.1, 0.15) is 0 Å². The summed E-state index contributed by atoms with van der Waals surface area (Å²) in [5.74, 6) is 1.37. The first-order chi connectivity index (χ1) is 6.99. The molecule has 0 saturated carbocycles. The molecular formula is C14H21Cl. The largest absolute Gasteiger partial charge is 0.0840 e. The molecule has 0 unspecified atom stereocenters. The van der Waals surface area contributed by atoms with Gasteiger partial charge in [-0.3, -0.25) is 0 Å². The van der Waals surface area contributed by atoms with Gasteiger partial charge in [-0.2, -0.15) is 0 Å². The zero-order valence-electron chi connectivity index (χ0n) is 10.2. The van der Waals surface area contributed by atoms with E-state index in [0.717, 1.165) is 17.9 Å². The molecule has 0 aliphatic carbocycles. The van der Waals surface area contributed by atoms with Crippen molar-refractivity contribution in [1.82, 2.24) is 0 Å².